The van der Waals surface area contributed by atoms with E-state index in [2.05, 4.69) is 0 Å². The van der Waals surface area contributed by atoms with Crippen LogP contribution in [0.15, 0.2) is 30.5 Å². The van der Waals surface area contributed by atoms with Crippen LogP contribution >= 0.6 is 0 Å². The molecule has 5 nitrogen and oxygen atoms in total. The van der Waals surface area contributed by atoms with Crippen LogP contribution in [0.2, 0.25) is 0 Å². The average Bonchev–Trinajstić information content (AvgIpc) is 2.77. The quantitative estimate of drug-likeness (QED) is 0.686. The number of hydrogen-bond acceptors (Lipinski definition) is 3. The fourth-order valence-corrected chi connectivity index (χ4v) is 1.75. The molecule has 104 valence electrons. The van der Waals surface area contributed by atoms with Crippen molar-refractivity contribution in [2.75, 3.05) is 0 Å². The van der Waals surface area contributed by atoms with Crippen LogP contribution in [0, 0.1) is 12.7 Å². The van der Waals surface area contributed by atoms with Gasteiger partial charge in [-0.2, -0.15) is 0 Å². The molecule has 0 bridgehead atoms. The minimum absolute atomic E-state index is 0.111. The lowest BCUT2D eigenvalue weighted by molar-refractivity contribution is 0.0717. The first-order valence-corrected chi connectivity index (χ1v) is 5.83. The summed E-state index contributed by atoms with van der Waals surface area (Å²) < 4.78 is 20.2. The van der Waals surface area contributed by atoms with E-state index in [4.69, 9.17) is 10.5 Å². The van der Waals surface area contributed by atoms with Gasteiger partial charge >= 0.3 is 5.97 Å². The molecule has 0 aliphatic carbocycles. The van der Waals surface area contributed by atoms with Crippen LogP contribution in [0.1, 0.15) is 26.4 Å². The first kappa shape index (κ1) is 13.8. The molecule has 0 saturated heterocycles. The largest absolute Gasteiger partial charge is 0.419 e. The molecule has 0 aliphatic rings. The van der Waals surface area contributed by atoms with Gasteiger partial charge in [0.05, 0.1) is 5.56 Å². The summed E-state index contributed by atoms with van der Waals surface area (Å²) in [7, 11) is 1.57. The fourth-order valence-electron chi connectivity index (χ4n) is 1.75. The minimum Gasteiger partial charge on any atom is -0.419 e. The van der Waals surface area contributed by atoms with Gasteiger partial charge in [0.25, 0.3) is 0 Å². The number of primary amides is 1. The van der Waals surface area contributed by atoms with E-state index in [1.165, 1.54) is 22.9 Å². The van der Waals surface area contributed by atoms with Gasteiger partial charge in [-0.1, -0.05) is 12.1 Å². The molecule has 0 radical (unpaired) electrons. The Morgan fingerprint density at radius 2 is 2.05 bits per heavy atom. The van der Waals surface area contributed by atoms with Gasteiger partial charge in [-0.3, -0.25) is 4.79 Å². The van der Waals surface area contributed by atoms with Crippen molar-refractivity contribution in [1.29, 1.82) is 0 Å². The Kier molecular flexibility index (Phi) is 3.56. The Balaban J connectivity index is 2.28. The number of aromatic nitrogens is 1. The van der Waals surface area contributed by atoms with Crippen molar-refractivity contribution < 1.29 is 18.7 Å². The molecule has 20 heavy (non-hydrogen) atoms. The number of nitrogens with zero attached hydrogens (tertiary/aromatic N) is 1. The molecule has 2 aromatic rings. The zero-order valence-corrected chi connectivity index (χ0v) is 11.0. The number of halogens is 1. The van der Waals surface area contributed by atoms with Crippen molar-refractivity contribution in [3.63, 3.8) is 0 Å². The van der Waals surface area contributed by atoms with E-state index in [1.807, 2.05) is 0 Å². The molecule has 6 heteroatoms. The molecule has 0 fully saturated rings. The van der Waals surface area contributed by atoms with E-state index >= 15 is 0 Å². The molecule has 0 atom stereocenters. The maximum absolute atomic E-state index is 13.8. The van der Waals surface area contributed by atoms with Gasteiger partial charge in [0, 0.05) is 13.2 Å². The van der Waals surface area contributed by atoms with Crippen LogP contribution in [0.4, 0.5) is 4.39 Å². The van der Waals surface area contributed by atoms with Crippen molar-refractivity contribution in [3.8, 4) is 5.75 Å². The fraction of sp³-hybridized carbons (Fsp3) is 0.143. The normalized spacial score (nSPS) is 10.3. The van der Waals surface area contributed by atoms with Gasteiger partial charge in [-0.15, -0.1) is 0 Å². The van der Waals surface area contributed by atoms with Crippen LogP contribution in [0.5, 0.6) is 5.75 Å². The molecule has 0 spiro atoms. The smallest absolute Gasteiger partial charge is 0.360 e. The van der Waals surface area contributed by atoms with Crippen molar-refractivity contribution >= 4 is 11.9 Å². The summed E-state index contributed by atoms with van der Waals surface area (Å²) in [6.45, 7) is 1.57. The first-order chi connectivity index (χ1) is 9.40. The maximum atomic E-state index is 13.8. The van der Waals surface area contributed by atoms with Crippen LogP contribution in [-0.2, 0) is 7.05 Å². The molecule has 0 saturated carbocycles. The summed E-state index contributed by atoms with van der Waals surface area (Å²) in [6.07, 6.45) is 1.41. The first-order valence-electron chi connectivity index (χ1n) is 5.83. The van der Waals surface area contributed by atoms with E-state index in [-0.39, 0.29) is 17.0 Å². The zero-order valence-electron chi connectivity index (χ0n) is 11.0. The summed E-state index contributed by atoms with van der Waals surface area (Å²) in [5.74, 6) is -2.16. The number of hydrogen-bond donors (Lipinski definition) is 1. The van der Waals surface area contributed by atoms with Crippen molar-refractivity contribution in [2.45, 2.75) is 6.92 Å². The molecular weight excluding hydrogens is 263 g/mol. The lowest BCUT2D eigenvalue weighted by Crippen LogP contribution is -2.13. The van der Waals surface area contributed by atoms with Gasteiger partial charge in [0.1, 0.15) is 5.69 Å². The molecule has 1 aromatic heterocycles. The Hall–Kier alpha value is -2.63. The third-order valence-electron chi connectivity index (χ3n) is 2.86. The number of carbonyl (C=O) groups excluding carboxylic acids is 2. The summed E-state index contributed by atoms with van der Waals surface area (Å²) in [4.78, 5) is 23.0. The summed E-state index contributed by atoms with van der Waals surface area (Å²) in [5, 5.41) is 0. The number of nitrogens with two attached hydrogens (primary N) is 1. The average molecular weight is 276 g/mol. The maximum Gasteiger partial charge on any atom is 0.360 e. The lowest BCUT2D eigenvalue weighted by Gasteiger charge is -2.07. The number of amides is 1. The minimum atomic E-state index is -0.760. The molecule has 0 aliphatic heterocycles. The summed E-state index contributed by atoms with van der Waals surface area (Å²) in [5.41, 5.74) is 5.80. The van der Waals surface area contributed by atoms with Gasteiger partial charge in [-0.25, -0.2) is 9.18 Å². The predicted molar refractivity (Wildman–Crippen MR) is 70.0 cm³/mol. The van der Waals surface area contributed by atoms with Gasteiger partial charge < -0.3 is 15.0 Å². The molecule has 2 rings (SSSR count). The third kappa shape index (κ3) is 2.54. The highest BCUT2D eigenvalue weighted by Crippen LogP contribution is 2.21. The Bertz CT molecular complexity index is 692. The predicted octanol–water partition coefficient (Wildman–Crippen LogP) is 1.79. The highest BCUT2D eigenvalue weighted by atomic mass is 19.1. The van der Waals surface area contributed by atoms with Gasteiger partial charge in [0.2, 0.25) is 5.91 Å². The molecule has 2 N–H and O–H groups in total. The van der Waals surface area contributed by atoms with E-state index in [0.29, 0.717) is 5.56 Å². The van der Waals surface area contributed by atoms with E-state index in [0.717, 1.165) is 0 Å². The van der Waals surface area contributed by atoms with E-state index < -0.39 is 17.7 Å². The number of esters is 1. The van der Waals surface area contributed by atoms with Crippen LogP contribution < -0.4 is 10.5 Å². The van der Waals surface area contributed by atoms with Crippen LogP contribution in [0.3, 0.4) is 0 Å². The molecule has 0 unspecified atom stereocenters. The monoisotopic (exact) mass is 276 g/mol. The molecule has 1 amide bonds. The lowest BCUT2D eigenvalue weighted by atomic mass is 10.2. The van der Waals surface area contributed by atoms with Gasteiger partial charge in [-0.05, 0) is 24.6 Å². The highest BCUT2D eigenvalue weighted by molar-refractivity contribution is 5.97. The number of ether oxygens (including phenoxy) is 1. The molecule has 1 heterocycles. The Morgan fingerprint density at radius 1 is 1.35 bits per heavy atom. The van der Waals surface area contributed by atoms with Gasteiger partial charge in [0.15, 0.2) is 11.6 Å². The zero-order chi connectivity index (χ0) is 14.9. The van der Waals surface area contributed by atoms with Crippen molar-refractivity contribution in [2.24, 2.45) is 12.8 Å². The number of aryl methyl sites for hydroxylation is 2. The SMILES string of the molecule is Cc1cccc(OC(=O)c2cc(C(N)=O)cn2C)c1F. The van der Waals surface area contributed by atoms with Crippen LogP contribution in [0.25, 0.3) is 0 Å². The highest BCUT2D eigenvalue weighted by Gasteiger charge is 2.18. The van der Waals surface area contributed by atoms with E-state index in [1.54, 1.807) is 26.1 Å². The van der Waals surface area contributed by atoms with Crippen LogP contribution in [-0.4, -0.2) is 16.4 Å². The summed E-state index contributed by atoms with van der Waals surface area (Å²) >= 11 is 0. The second-order valence-electron chi connectivity index (χ2n) is 4.37. The Morgan fingerprint density at radius 3 is 2.65 bits per heavy atom. The number of benzene rings is 1. The second-order valence-corrected chi connectivity index (χ2v) is 4.37. The third-order valence-corrected chi connectivity index (χ3v) is 2.86. The molecular formula is C14H13FN2O3. The number of rotatable bonds is 3. The van der Waals surface area contributed by atoms with Crippen molar-refractivity contribution in [3.05, 3.63) is 53.1 Å². The number of carbonyl (C=O) groups is 2. The second kappa shape index (κ2) is 5.16. The summed E-state index contributed by atoms with van der Waals surface area (Å²) in [6, 6.07) is 5.82. The topological polar surface area (TPSA) is 74.3 Å². The molecule has 1 aromatic carbocycles. The standard InChI is InChI=1S/C14H13FN2O3/c1-8-4-3-5-11(12(8)15)20-14(19)10-6-9(13(16)18)7-17(10)2/h3-7H,1-2H3,(H2,16,18). The van der Waals surface area contributed by atoms with E-state index in [9.17, 15) is 14.0 Å². The Labute approximate surface area is 114 Å². The van der Waals surface area contributed by atoms with Crippen molar-refractivity contribution in [1.82, 2.24) is 4.57 Å².